The molecule has 4 rings (SSSR count). The standard InChI is InChI=1S/C27H25NOS.C3H8.C2H6/c1-3-5-13-26-21(4-2)18-27(30-26)28(23-16-14-20(19-29)15-17-23)25-12-8-10-22-9-6-7-11-24(22)25;1-3-2;1-2/h4,6-19H,3,5H2,1-2H3;3H2,1-2H3;1-2H3/b21-4+,26-13-;;. The van der Waals surface area contributed by atoms with E-state index in [0.29, 0.717) is 5.56 Å². The molecule has 0 aliphatic rings. The summed E-state index contributed by atoms with van der Waals surface area (Å²) in [5.41, 5.74) is 2.86. The molecule has 0 unspecified atom stereocenters. The molecule has 0 bridgehead atoms. The van der Waals surface area contributed by atoms with E-state index in [4.69, 9.17) is 0 Å². The lowest BCUT2D eigenvalue weighted by molar-refractivity contribution is 0.112. The molecular formula is C32H39NOS. The van der Waals surface area contributed by atoms with Gasteiger partial charge >= 0.3 is 0 Å². The van der Waals surface area contributed by atoms with E-state index in [0.717, 1.165) is 30.5 Å². The van der Waals surface area contributed by atoms with E-state index < -0.39 is 0 Å². The lowest BCUT2D eigenvalue weighted by atomic mass is 10.1. The SMILES string of the molecule is C/C=c1\cc(N(c2ccc(C=O)cc2)c2cccc3ccccc23)s\c1=C/CCC.CC.CCC. The van der Waals surface area contributed by atoms with Crippen molar-refractivity contribution in [3.05, 3.63) is 88.1 Å². The number of aldehydes is 1. The molecule has 1 heterocycles. The van der Waals surface area contributed by atoms with Crippen LogP contribution in [0, 0.1) is 0 Å². The third kappa shape index (κ3) is 7.16. The number of hydrogen-bond donors (Lipinski definition) is 0. The minimum Gasteiger partial charge on any atom is -0.301 e. The van der Waals surface area contributed by atoms with E-state index >= 15 is 0 Å². The van der Waals surface area contributed by atoms with Crippen molar-refractivity contribution in [3.63, 3.8) is 0 Å². The van der Waals surface area contributed by atoms with Crippen LogP contribution in [0.5, 0.6) is 0 Å². The van der Waals surface area contributed by atoms with E-state index in [2.05, 4.69) is 93.3 Å². The summed E-state index contributed by atoms with van der Waals surface area (Å²) in [5.74, 6) is 0. The van der Waals surface area contributed by atoms with Crippen LogP contribution in [-0.4, -0.2) is 6.29 Å². The summed E-state index contributed by atoms with van der Waals surface area (Å²) in [6.45, 7) is 12.5. The van der Waals surface area contributed by atoms with Crippen LogP contribution >= 0.6 is 11.3 Å². The highest BCUT2D eigenvalue weighted by Gasteiger charge is 2.16. The minimum atomic E-state index is 0.683. The van der Waals surface area contributed by atoms with Crippen molar-refractivity contribution < 1.29 is 4.79 Å². The number of carbonyl (C=O) groups is 1. The van der Waals surface area contributed by atoms with Gasteiger partial charge in [-0.3, -0.25) is 4.79 Å². The van der Waals surface area contributed by atoms with E-state index in [1.165, 1.54) is 31.9 Å². The summed E-state index contributed by atoms with van der Waals surface area (Å²) in [5, 5.41) is 4.84. The number of nitrogens with zero attached hydrogens (tertiary/aromatic N) is 1. The number of fused-ring (bicyclic) bond motifs is 1. The molecule has 0 spiro atoms. The second-order valence-electron chi connectivity index (χ2n) is 7.94. The average molecular weight is 486 g/mol. The fourth-order valence-corrected chi connectivity index (χ4v) is 4.87. The van der Waals surface area contributed by atoms with Crippen LogP contribution in [0.1, 0.15) is 71.2 Å². The predicted octanol–water partition coefficient (Wildman–Crippen LogP) is 9.01. The number of anilines is 3. The molecule has 0 saturated carbocycles. The molecule has 35 heavy (non-hydrogen) atoms. The summed E-state index contributed by atoms with van der Waals surface area (Å²) in [7, 11) is 0. The van der Waals surface area contributed by atoms with Crippen molar-refractivity contribution in [2.24, 2.45) is 0 Å². The van der Waals surface area contributed by atoms with Crippen molar-refractivity contribution >= 4 is 56.9 Å². The van der Waals surface area contributed by atoms with Crippen molar-refractivity contribution in [1.82, 2.24) is 0 Å². The molecular weight excluding hydrogens is 446 g/mol. The van der Waals surface area contributed by atoms with Gasteiger partial charge in [0.05, 0.1) is 5.69 Å². The Morgan fingerprint density at radius 1 is 0.886 bits per heavy atom. The molecule has 184 valence electrons. The molecule has 3 aromatic carbocycles. The molecule has 0 radical (unpaired) electrons. The van der Waals surface area contributed by atoms with Gasteiger partial charge in [-0.2, -0.15) is 0 Å². The number of rotatable bonds is 6. The van der Waals surface area contributed by atoms with Gasteiger partial charge in [0.15, 0.2) is 0 Å². The Morgan fingerprint density at radius 2 is 1.54 bits per heavy atom. The molecule has 0 saturated heterocycles. The van der Waals surface area contributed by atoms with Crippen LogP contribution in [0.2, 0.25) is 0 Å². The second-order valence-corrected chi connectivity index (χ2v) is 9.00. The van der Waals surface area contributed by atoms with E-state index in [1.54, 1.807) is 0 Å². The molecule has 0 aliphatic heterocycles. The topological polar surface area (TPSA) is 20.3 Å². The highest BCUT2D eigenvalue weighted by Crippen LogP contribution is 2.39. The van der Waals surface area contributed by atoms with Crippen LogP contribution in [0.25, 0.3) is 22.9 Å². The Morgan fingerprint density at radius 3 is 2.17 bits per heavy atom. The largest absolute Gasteiger partial charge is 0.301 e. The van der Waals surface area contributed by atoms with Crippen LogP contribution in [0.15, 0.2) is 72.8 Å². The highest BCUT2D eigenvalue weighted by atomic mass is 32.1. The van der Waals surface area contributed by atoms with Gasteiger partial charge in [0, 0.05) is 21.2 Å². The summed E-state index contributed by atoms with van der Waals surface area (Å²) in [4.78, 5) is 13.5. The summed E-state index contributed by atoms with van der Waals surface area (Å²) >= 11 is 1.81. The van der Waals surface area contributed by atoms with Crippen molar-refractivity contribution in [1.29, 1.82) is 0 Å². The highest BCUT2D eigenvalue weighted by molar-refractivity contribution is 7.14. The molecule has 0 aliphatic carbocycles. The average Bonchev–Trinajstić information content (AvgIpc) is 3.32. The predicted molar refractivity (Wildman–Crippen MR) is 158 cm³/mol. The lowest BCUT2D eigenvalue weighted by Crippen LogP contribution is -2.16. The van der Waals surface area contributed by atoms with E-state index in [1.807, 2.05) is 49.4 Å². The molecule has 0 N–H and O–H groups in total. The Labute approximate surface area is 215 Å². The van der Waals surface area contributed by atoms with Gasteiger partial charge in [-0.05, 0) is 60.3 Å². The third-order valence-corrected chi connectivity index (χ3v) is 6.35. The van der Waals surface area contributed by atoms with Gasteiger partial charge in [0.2, 0.25) is 0 Å². The number of hydrogen-bond acceptors (Lipinski definition) is 3. The third-order valence-electron chi connectivity index (χ3n) is 5.22. The monoisotopic (exact) mass is 485 g/mol. The first kappa shape index (κ1) is 28.1. The zero-order chi connectivity index (χ0) is 25.6. The molecule has 0 atom stereocenters. The zero-order valence-electron chi connectivity index (χ0n) is 22.0. The van der Waals surface area contributed by atoms with E-state index in [9.17, 15) is 4.79 Å². The normalized spacial score (nSPS) is 11.4. The van der Waals surface area contributed by atoms with Gasteiger partial charge in [-0.15, -0.1) is 11.3 Å². The molecule has 2 nitrogen and oxygen atoms in total. The van der Waals surface area contributed by atoms with Gasteiger partial charge in [0.25, 0.3) is 0 Å². The quantitative estimate of drug-likeness (QED) is 0.254. The van der Waals surface area contributed by atoms with Gasteiger partial charge in [-0.25, -0.2) is 0 Å². The van der Waals surface area contributed by atoms with Crippen LogP contribution < -0.4 is 14.7 Å². The number of carbonyl (C=O) groups excluding carboxylic acids is 1. The Hall–Kier alpha value is -3.17. The Kier molecular flexibility index (Phi) is 12.0. The summed E-state index contributed by atoms with van der Waals surface area (Å²) < 4.78 is 1.31. The fraction of sp³-hybridized carbons (Fsp3) is 0.281. The molecule has 1 aromatic heterocycles. The number of thiophene rings is 1. The van der Waals surface area contributed by atoms with E-state index in [-0.39, 0.29) is 0 Å². The Balaban J connectivity index is 0.000000803. The van der Waals surface area contributed by atoms with Crippen LogP contribution in [0.4, 0.5) is 16.4 Å². The van der Waals surface area contributed by atoms with Crippen LogP contribution in [-0.2, 0) is 0 Å². The number of unbranched alkanes of at least 4 members (excludes halogenated alkanes) is 1. The van der Waals surface area contributed by atoms with Crippen LogP contribution in [0.3, 0.4) is 0 Å². The summed E-state index contributed by atoms with van der Waals surface area (Å²) in [6.07, 6.45) is 8.86. The number of benzene rings is 3. The maximum Gasteiger partial charge on any atom is 0.150 e. The zero-order valence-corrected chi connectivity index (χ0v) is 22.9. The fourth-order valence-electron chi connectivity index (χ4n) is 3.67. The van der Waals surface area contributed by atoms with Crippen molar-refractivity contribution in [2.75, 3.05) is 4.90 Å². The Bertz CT molecular complexity index is 1300. The first-order valence-corrected chi connectivity index (χ1v) is 13.6. The maximum atomic E-state index is 11.2. The molecule has 0 amide bonds. The summed E-state index contributed by atoms with van der Waals surface area (Å²) in [6, 6.07) is 25.0. The minimum absolute atomic E-state index is 0.683. The first-order valence-electron chi connectivity index (χ1n) is 12.8. The van der Waals surface area contributed by atoms with Gasteiger partial charge < -0.3 is 4.90 Å². The van der Waals surface area contributed by atoms with Crippen molar-refractivity contribution in [3.8, 4) is 0 Å². The molecule has 3 heteroatoms. The lowest BCUT2D eigenvalue weighted by Gasteiger charge is -2.25. The van der Waals surface area contributed by atoms with Crippen molar-refractivity contribution in [2.45, 2.75) is 60.8 Å². The van der Waals surface area contributed by atoms with Gasteiger partial charge in [0.1, 0.15) is 11.3 Å². The van der Waals surface area contributed by atoms with Gasteiger partial charge in [-0.1, -0.05) is 96.0 Å². The smallest absolute Gasteiger partial charge is 0.150 e. The molecule has 4 aromatic rings. The molecule has 0 fully saturated rings. The first-order chi connectivity index (χ1) is 17.2. The maximum absolute atomic E-state index is 11.2. The second kappa shape index (κ2) is 15.0.